The van der Waals surface area contributed by atoms with E-state index in [1.54, 1.807) is 4.52 Å². The third-order valence-corrected chi connectivity index (χ3v) is 5.38. The number of nitrogens with zero attached hydrogens (tertiary/aromatic N) is 4. The van der Waals surface area contributed by atoms with Gasteiger partial charge in [-0.3, -0.25) is 0 Å². The predicted molar refractivity (Wildman–Crippen MR) is 96.8 cm³/mol. The molecule has 0 radical (unpaired) electrons. The molecule has 0 aliphatic heterocycles. The number of sulfonamides is 1. The van der Waals surface area contributed by atoms with Crippen LogP contribution in [0.5, 0.6) is 0 Å². The van der Waals surface area contributed by atoms with Crippen molar-refractivity contribution in [2.45, 2.75) is 25.3 Å². The minimum atomic E-state index is -3.80. The minimum absolute atomic E-state index is 0.0535. The highest BCUT2D eigenvalue weighted by Gasteiger charge is 2.17. The second kappa shape index (κ2) is 6.25. The van der Waals surface area contributed by atoms with E-state index in [4.69, 9.17) is 4.42 Å². The standard InChI is InChI=1S/C17H15N5O4S/c1-10-7-11(2)22-17(19-10)20-15(21-22)9-18-27(24,25)13-4-5-14-12(8-13)3-6-16(23)26-14/h3-8,18H,9H2,1-2H3. The Kier molecular flexibility index (Phi) is 4.01. The van der Waals surface area contributed by atoms with Crippen LogP contribution >= 0.6 is 0 Å². The molecule has 0 spiro atoms. The molecule has 0 aliphatic rings. The van der Waals surface area contributed by atoms with Crippen LogP contribution in [0.25, 0.3) is 16.7 Å². The molecule has 0 amide bonds. The van der Waals surface area contributed by atoms with E-state index in [1.807, 2.05) is 19.9 Å². The second-order valence-corrected chi connectivity index (χ2v) is 7.82. The van der Waals surface area contributed by atoms with Crippen LogP contribution < -0.4 is 10.3 Å². The number of benzene rings is 1. The highest BCUT2D eigenvalue weighted by atomic mass is 32.2. The first-order valence-corrected chi connectivity index (χ1v) is 9.54. The van der Waals surface area contributed by atoms with Crippen molar-refractivity contribution in [3.8, 4) is 0 Å². The molecule has 0 aliphatic carbocycles. The highest BCUT2D eigenvalue weighted by molar-refractivity contribution is 7.89. The summed E-state index contributed by atoms with van der Waals surface area (Å²) in [4.78, 5) is 19.8. The summed E-state index contributed by atoms with van der Waals surface area (Å²) in [5.74, 6) is 0.731. The average molecular weight is 385 g/mol. The topological polar surface area (TPSA) is 119 Å². The number of hydrogen-bond donors (Lipinski definition) is 1. The van der Waals surface area contributed by atoms with Crippen molar-refractivity contribution in [3.63, 3.8) is 0 Å². The number of rotatable bonds is 4. The van der Waals surface area contributed by atoms with Crippen molar-refractivity contribution < 1.29 is 12.8 Å². The van der Waals surface area contributed by atoms with Gasteiger partial charge in [0.25, 0.3) is 5.78 Å². The van der Waals surface area contributed by atoms with E-state index in [1.165, 1.54) is 30.3 Å². The zero-order valence-electron chi connectivity index (χ0n) is 14.5. The molecule has 1 aromatic carbocycles. The normalized spacial score (nSPS) is 12.1. The smallest absolute Gasteiger partial charge is 0.336 e. The van der Waals surface area contributed by atoms with Gasteiger partial charge in [0.1, 0.15) is 5.58 Å². The van der Waals surface area contributed by atoms with Crippen LogP contribution in [0.3, 0.4) is 0 Å². The third-order valence-electron chi connectivity index (χ3n) is 3.98. The van der Waals surface area contributed by atoms with Gasteiger partial charge in [0.2, 0.25) is 10.0 Å². The zero-order valence-corrected chi connectivity index (χ0v) is 15.3. The van der Waals surface area contributed by atoms with E-state index in [0.717, 1.165) is 11.4 Å². The van der Waals surface area contributed by atoms with E-state index in [2.05, 4.69) is 19.8 Å². The summed E-state index contributed by atoms with van der Waals surface area (Å²) in [7, 11) is -3.80. The molecule has 4 aromatic rings. The van der Waals surface area contributed by atoms with Crippen molar-refractivity contribution in [3.05, 3.63) is 64.0 Å². The minimum Gasteiger partial charge on any atom is -0.423 e. The lowest BCUT2D eigenvalue weighted by Crippen LogP contribution is -2.23. The summed E-state index contributed by atoms with van der Waals surface area (Å²) < 4.78 is 34.2. The van der Waals surface area contributed by atoms with Crippen LogP contribution in [0.15, 0.2) is 50.5 Å². The monoisotopic (exact) mass is 385 g/mol. The van der Waals surface area contributed by atoms with Gasteiger partial charge in [-0.05, 0) is 44.2 Å². The van der Waals surface area contributed by atoms with Crippen LogP contribution in [0.1, 0.15) is 17.2 Å². The lowest BCUT2D eigenvalue weighted by molar-refractivity contribution is 0.560. The van der Waals surface area contributed by atoms with Crippen LogP contribution in [0.4, 0.5) is 0 Å². The Morgan fingerprint density at radius 2 is 1.93 bits per heavy atom. The molecule has 1 N–H and O–H groups in total. The van der Waals surface area contributed by atoms with E-state index in [0.29, 0.717) is 22.6 Å². The summed E-state index contributed by atoms with van der Waals surface area (Å²) in [6, 6.07) is 8.88. The van der Waals surface area contributed by atoms with Crippen molar-refractivity contribution in [1.29, 1.82) is 0 Å². The number of fused-ring (bicyclic) bond motifs is 2. The maximum atomic E-state index is 12.6. The molecular formula is C17H15N5O4S. The summed E-state index contributed by atoms with van der Waals surface area (Å²) in [6.45, 7) is 3.65. The first-order chi connectivity index (χ1) is 12.8. The van der Waals surface area contributed by atoms with Crippen LogP contribution in [0, 0.1) is 13.8 Å². The van der Waals surface area contributed by atoms with Crippen LogP contribution in [0.2, 0.25) is 0 Å². The van der Waals surface area contributed by atoms with E-state index < -0.39 is 15.6 Å². The summed E-state index contributed by atoms with van der Waals surface area (Å²) in [6.07, 6.45) is 0. The maximum Gasteiger partial charge on any atom is 0.336 e. The Morgan fingerprint density at radius 1 is 1.11 bits per heavy atom. The summed E-state index contributed by atoms with van der Waals surface area (Å²) >= 11 is 0. The first-order valence-electron chi connectivity index (χ1n) is 8.05. The summed E-state index contributed by atoms with van der Waals surface area (Å²) in [5.41, 5.74) is 1.49. The molecule has 0 fully saturated rings. The molecule has 0 atom stereocenters. The molecule has 138 valence electrons. The molecule has 4 rings (SSSR count). The molecular weight excluding hydrogens is 370 g/mol. The molecule has 3 aromatic heterocycles. The number of aromatic nitrogens is 4. The fourth-order valence-corrected chi connectivity index (χ4v) is 3.76. The van der Waals surface area contributed by atoms with Gasteiger partial charge in [0.15, 0.2) is 5.82 Å². The largest absolute Gasteiger partial charge is 0.423 e. The lowest BCUT2D eigenvalue weighted by Gasteiger charge is -2.05. The fourth-order valence-electron chi connectivity index (χ4n) is 2.74. The Bertz CT molecular complexity index is 1340. The predicted octanol–water partition coefficient (Wildman–Crippen LogP) is 1.33. The Balaban J connectivity index is 1.61. The van der Waals surface area contributed by atoms with Crippen molar-refractivity contribution in [1.82, 2.24) is 24.3 Å². The zero-order chi connectivity index (χ0) is 19.2. The van der Waals surface area contributed by atoms with Crippen LogP contribution in [-0.4, -0.2) is 28.0 Å². The van der Waals surface area contributed by atoms with E-state index >= 15 is 0 Å². The van der Waals surface area contributed by atoms with Gasteiger partial charge in [0.05, 0.1) is 11.4 Å². The van der Waals surface area contributed by atoms with Gasteiger partial charge in [-0.2, -0.15) is 4.98 Å². The molecule has 10 heteroatoms. The SMILES string of the molecule is Cc1cc(C)n2nc(CNS(=O)(=O)c3ccc4oc(=O)ccc4c3)nc2n1. The number of hydrogen-bond acceptors (Lipinski definition) is 7. The van der Waals surface area contributed by atoms with Gasteiger partial charge < -0.3 is 4.42 Å². The van der Waals surface area contributed by atoms with Crippen molar-refractivity contribution in [2.75, 3.05) is 0 Å². The Hall–Kier alpha value is -3.11. The van der Waals surface area contributed by atoms with Gasteiger partial charge >= 0.3 is 5.63 Å². The Labute approximate surface area is 153 Å². The molecule has 3 heterocycles. The van der Waals surface area contributed by atoms with Gasteiger partial charge in [-0.25, -0.2) is 27.4 Å². The molecule has 0 bridgehead atoms. The van der Waals surface area contributed by atoms with E-state index in [-0.39, 0.29) is 11.4 Å². The molecule has 0 saturated heterocycles. The first kappa shape index (κ1) is 17.3. The van der Waals surface area contributed by atoms with Gasteiger partial charge in [-0.1, -0.05) is 0 Å². The fraction of sp³-hybridized carbons (Fsp3) is 0.176. The highest BCUT2D eigenvalue weighted by Crippen LogP contribution is 2.18. The van der Waals surface area contributed by atoms with Gasteiger partial charge in [-0.15, -0.1) is 5.10 Å². The molecule has 9 nitrogen and oxygen atoms in total. The van der Waals surface area contributed by atoms with Crippen molar-refractivity contribution in [2.24, 2.45) is 0 Å². The molecule has 0 saturated carbocycles. The molecule has 0 unspecified atom stereocenters. The quantitative estimate of drug-likeness (QED) is 0.526. The van der Waals surface area contributed by atoms with Crippen LogP contribution in [-0.2, 0) is 16.6 Å². The molecule has 27 heavy (non-hydrogen) atoms. The third kappa shape index (κ3) is 3.32. The number of nitrogens with one attached hydrogen (secondary N) is 1. The maximum absolute atomic E-state index is 12.6. The van der Waals surface area contributed by atoms with Crippen molar-refractivity contribution >= 4 is 26.8 Å². The second-order valence-electron chi connectivity index (χ2n) is 6.06. The average Bonchev–Trinajstić information content (AvgIpc) is 3.03. The van der Waals surface area contributed by atoms with E-state index in [9.17, 15) is 13.2 Å². The summed E-state index contributed by atoms with van der Waals surface area (Å²) in [5, 5.41) is 4.79. The van der Waals surface area contributed by atoms with Gasteiger partial charge in [0, 0.05) is 22.8 Å². The number of aryl methyl sites for hydroxylation is 2. The lowest BCUT2D eigenvalue weighted by atomic mass is 10.2. The Morgan fingerprint density at radius 3 is 2.74 bits per heavy atom.